The molecule has 0 amide bonds. The summed E-state index contributed by atoms with van der Waals surface area (Å²) >= 11 is 0. The van der Waals surface area contributed by atoms with Crippen LogP contribution in [0.4, 0.5) is 5.69 Å². The van der Waals surface area contributed by atoms with Crippen LogP contribution in [0.3, 0.4) is 0 Å². The first-order chi connectivity index (χ1) is 13.6. The van der Waals surface area contributed by atoms with Gasteiger partial charge in [-0.2, -0.15) is 0 Å². The highest BCUT2D eigenvalue weighted by Crippen LogP contribution is 2.27. The molecule has 140 valence electrons. The number of aryl methyl sites for hydroxylation is 1. The van der Waals surface area contributed by atoms with Crippen molar-refractivity contribution in [2.75, 3.05) is 0 Å². The summed E-state index contributed by atoms with van der Waals surface area (Å²) in [5, 5.41) is 10.7. The Labute approximate surface area is 161 Å². The van der Waals surface area contributed by atoms with Crippen LogP contribution in [0.1, 0.15) is 18.1 Å². The average Bonchev–Trinajstić information content (AvgIpc) is 3.16. The number of fused-ring (bicyclic) bond motifs is 1. The Morgan fingerprint density at radius 2 is 1.71 bits per heavy atom. The number of rotatable bonds is 6. The molecule has 0 N–H and O–H groups in total. The molecule has 0 saturated heterocycles. The van der Waals surface area contributed by atoms with Crippen molar-refractivity contribution >= 4 is 16.8 Å². The van der Waals surface area contributed by atoms with Gasteiger partial charge in [0.1, 0.15) is 17.9 Å². The topological polar surface area (TPSA) is 78.4 Å². The maximum absolute atomic E-state index is 10.7. The van der Waals surface area contributed by atoms with Crippen molar-refractivity contribution in [2.24, 2.45) is 0 Å². The van der Waals surface area contributed by atoms with Gasteiger partial charge in [0, 0.05) is 17.7 Å². The van der Waals surface area contributed by atoms with Crippen molar-refractivity contribution in [3.05, 3.63) is 88.0 Å². The van der Waals surface area contributed by atoms with Gasteiger partial charge < -0.3 is 9.15 Å². The molecule has 4 rings (SSSR count). The monoisotopic (exact) mass is 374 g/mol. The summed E-state index contributed by atoms with van der Waals surface area (Å²) in [5.74, 6) is 1.27. The number of nitro benzene ring substituents is 1. The lowest BCUT2D eigenvalue weighted by Gasteiger charge is -2.06. The molecular weight excluding hydrogens is 356 g/mol. The zero-order chi connectivity index (χ0) is 19.5. The van der Waals surface area contributed by atoms with Crippen LogP contribution >= 0.6 is 0 Å². The van der Waals surface area contributed by atoms with Crippen LogP contribution in [0, 0.1) is 10.1 Å². The Hall–Kier alpha value is -3.67. The molecule has 6 heteroatoms. The lowest BCUT2D eigenvalue weighted by Crippen LogP contribution is -1.96. The molecule has 0 fully saturated rings. The Morgan fingerprint density at radius 3 is 2.39 bits per heavy atom. The third kappa shape index (κ3) is 3.71. The molecule has 0 unspecified atom stereocenters. The van der Waals surface area contributed by atoms with Gasteiger partial charge in [-0.25, -0.2) is 4.98 Å². The summed E-state index contributed by atoms with van der Waals surface area (Å²) in [6.45, 7) is 2.44. The van der Waals surface area contributed by atoms with Gasteiger partial charge in [0.15, 0.2) is 5.58 Å². The predicted molar refractivity (Wildman–Crippen MR) is 106 cm³/mol. The highest BCUT2D eigenvalue weighted by Gasteiger charge is 2.09. The number of nitrogens with zero attached hydrogens (tertiary/aromatic N) is 2. The lowest BCUT2D eigenvalue weighted by molar-refractivity contribution is -0.384. The van der Waals surface area contributed by atoms with Crippen molar-refractivity contribution < 1.29 is 14.1 Å². The van der Waals surface area contributed by atoms with Crippen molar-refractivity contribution in [3.8, 4) is 17.2 Å². The number of hydrogen-bond acceptors (Lipinski definition) is 5. The van der Waals surface area contributed by atoms with Gasteiger partial charge in [-0.15, -0.1) is 0 Å². The van der Waals surface area contributed by atoms with Gasteiger partial charge in [-0.3, -0.25) is 10.1 Å². The Morgan fingerprint density at radius 1 is 1.00 bits per heavy atom. The van der Waals surface area contributed by atoms with Crippen LogP contribution in [-0.2, 0) is 13.0 Å². The first-order valence-corrected chi connectivity index (χ1v) is 8.98. The van der Waals surface area contributed by atoms with Crippen molar-refractivity contribution in [1.82, 2.24) is 4.98 Å². The third-order valence-electron chi connectivity index (χ3n) is 4.51. The van der Waals surface area contributed by atoms with Gasteiger partial charge in [0.05, 0.1) is 4.92 Å². The van der Waals surface area contributed by atoms with Gasteiger partial charge in [0.2, 0.25) is 5.89 Å². The highest BCUT2D eigenvalue weighted by molar-refractivity contribution is 5.77. The van der Waals surface area contributed by atoms with E-state index in [0.717, 1.165) is 28.6 Å². The second-order valence-corrected chi connectivity index (χ2v) is 6.41. The number of aromatic nitrogens is 1. The van der Waals surface area contributed by atoms with E-state index in [0.29, 0.717) is 18.2 Å². The molecule has 3 aromatic carbocycles. The minimum absolute atomic E-state index is 0.0671. The van der Waals surface area contributed by atoms with E-state index < -0.39 is 4.92 Å². The van der Waals surface area contributed by atoms with Crippen molar-refractivity contribution in [1.29, 1.82) is 0 Å². The fourth-order valence-corrected chi connectivity index (χ4v) is 2.89. The highest BCUT2D eigenvalue weighted by atomic mass is 16.6. The number of non-ortho nitro benzene ring substituents is 1. The van der Waals surface area contributed by atoms with Crippen LogP contribution < -0.4 is 4.74 Å². The molecule has 1 aromatic heterocycles. The van der Waals surface area contributed by atoms with Crippen molar-refractivity contribution in [3.63, 3.8) is 0 Å². The van der Waals surface area contributed by atoms with Gasteiger partial charge >= 0.3 is 0 Å². The summed E-state index contributed by atoms with van der Waals surface area (Å²) in [6, 6.07) is 19.9. The minimum Gasteiger partial charge on any atom is -0.489 e. The molecule has 28 heavy (non-hydrogen) atoms. The summed E-state index contributed by atoms with van der Waals surface area (Å²) in [6.07, 6.45) is 0.957. The maximum atomic E-state index is 10.7. The van der Waals surface area contributed by atoms with Gasteiger partial charge in [0.25, 0.3) is 5.69 Å². The first-order valence-electron chi connectivity index (χ1n) is 8.98. The second-order valence-electron chi connectivity index (χ2n) is 6.41. The molecule has 1 heterocycles. The van der Waals surface area contributed by atoms with Crippen LogP contribution in [0.15, 0.2) is 71.1 Å². The van der Waals surface area contributed by atoms with Crippen LogP contribution in [0.25, 0.3) is 22.6 Å². The molecule has 0 aliphatic rings. The predicted octanol–water partition coefficient (Wildman–Crippen LogP) is 5.54. The number of nitro groups is 1. The minimum atomic E-state index is -0.418. The molecule has 4 aromatic rings. The largest absolute Gasteiger partial charge is 0.489 e. The van der Waals surface area contributed by atoms with Crippen molar-refractivity contribution in [2.45, 2.75) is 20.0 Å². The zero-order valence-electron chi connectivity index (χ0n) is 15.3. The molecule has 0 aliphatic heterocycles. The van der Waals surface area contributed by atoms with E-state index >= 15 is 0 Å². The van der Waals surface area contributed by atoms with Gasteiger partial charge in [-0.05, 0) is 66.1 Å². The fraction of sp³-hybridized carbons (Fsp3) is 0.136. The molecule has 0 spiro atoms. The Bertz CT molecular complexity index is 1120. The van der Waals surface area contributed by atoms with E-state index in [4.69, 9.17) is 9.15 Å². The molecule has 0 bridgehead atoms. The fourth-order valence-electron chi connectivity index (χ4n) is 2.89. The molecular formula is C22H18N2O4. The normalized spacial score (nSPS) is 10.9. The van der Waals surface area contributed by atoms with E-state index in [1.807, 2.05) is 42.5 Å². The summed E-state index contributed by atoms with van der Waals surface area (Å²) in [7, 11) is 0. The Kier molecular flexibility index (Phi) is 4.76. The second kappa shape index (κ2) is 7.52. The van der Waals surface area contributed by atoms with Crippen LogP contribution in [0.2, 0.25) is 0 Å². The molecule has 0 atom stereocenters. The van der Waals surface area contributed by atoms with E-state index in [-0.39, 0.29) is 5.69 Å². The summed E-state index contributed by atoms with van der Waals surface area (Å²) < 4.78 is 11.6. The standard InChI is InChI=1S/C22H18N2O4/c1-2-15-5-12-21-20(13-15)23-22(28-21)17-6-10-19(11-7-17)27-14-16-3-8-18(9-4-16)24(25)26/h3-13H,2,14H2,1H3. The third-order valence-corrected chi connectivity index (χ3v) is 4.51. The van der Waals surface area contributed by atoms with E-state index in [1.165, 1.54) is 17.7 Å². The Balaban J connectivity index is 1.45. The molecule has 0 radical (unpaired) electrons. The van der Waals surface area contributed by atoms with E-state index in [2.05, 4.69) is 11.9 Å². The maximum Gasteiger partial charge on any atom is 0.269 e. The van der Waals surface area contributed by atoms with Crippen LogP contribution in [0.5, 0.6) is 5.75 Å². The molecule has 6 nitrogen and oxygen atoms in total. The van der Waals surface area contributed by atoms with E-state index in [9.17, 15) is 10.1 Å². The first kappa shape index (κ1) is 17.7. The zero-order valence-corrected chi connectivity index (χ0v) is 15.3. The summed E-state index contributed by atoms with van der Waals surface area (Å²) in [4.78, 5) is 14.8. The van der Waals surface area contributed by atoms with Gasteiger partial charge in [-0.1, -0.05) is 13.0 Å². The number of benzene rings is 3. The smallest absolute Gasteiger partial charge is 0.269 e. The molecule has 0 saturated carbocycles. The average molecular weight is 374 g/mol. The number of hydrogen-bond donors (Lipinski definition) is 0. The van der Waals surface area contributed by atoms with E-state index in [1.54, 1.807) is 12.1 Å². The summed E-state index contributed by atoms with van der Waals surface area (Å²) in [5.41, 5.74) is 4.65. The molecule has 0 aliphatic carbocycles. The van der Waals surface area contributed by atoms with Crippen LogP contribution in [-0.4, -0.2) is 9.91 Å². The quantitative estimate of drug-likeness (QED) is 0.327. The SMILES string of the molecule is CCc1ccc2oc(-c3ccc(OCc4ccc([N+](=O)[O-])cc4)cc3)nc2c1. The number of ether oxygens (including phenoxy) is 1. The lowest BCUT2D eigenvalue weighted by atomic mass is 10.1. The number of oxazole rings is 1.